The first-order valence-electron chi connectivity index (χ1n) is 5.52. The fraction of sp³-hybridized carbons (Fsp3) is 0.167. The molecule has 0 unspecified atom stereocenters. The number of benzene rings is 1. The summed E-state index contributed by atoms with van der Waals surface area (Å²) in [6.45, 7) is 2.66. The largest absolute Gasteiger partial charge is 0.361 e. The Morgan fingerprint density at radius 2 is 2.28 bits per heavy atom. The van der Waals surface area contributed by atoms with E-state index in [2.05, 4.69) is 20.5 Å². The van der Waals surface area contributed by atoms with Crippen molar-refractivity contribution in [2.24, 2.45) is 0 Å². The zero-order valence-corrected chi connectivity index (χ0v) is 11.3. The minimum Gasteiger partial charge on any atom is -0.361 e. The highest BCUT2D eigenvalue weighted by Gasteiger charge is 2.05. The first kappa shape index (κ1) is 11.5. The lowest BCUT2D eigenvalue weighted by Gasteiger charge is -2.00. The molecule has 0 aliphatic rings. The van der Waals surface area contributed by atoms with Gasteiger partial charge in [0.1, 0.15) is 5.01 Å². The lowest BCUT2D eigenvalue weighted by atomic mass is 10.2. The van der Waals surface area contributed by atoms with E-state index in [9.17, 15) is 0 Å². The van der Waals surface area contributed by atoms with Gasteiger partial charge >= 0.3 is 0 Å². The monoisotopic (exact) mass is 278 g/mol. The van der Waals surface area contributed by atoms with E-state index in [-0.39, 0.29) is 0 Å². The third-order valence-electron chi connectivity index (χ3n) is 2.69. The van der Waals surface area contributed by atoms with E-state index >= 15 is 0 Å². The Bertz CT molecular complexity index is 688. The summed E-state index contributed by atoms with van der Waals surface area (Å²) in [5.74, 6) is 0. The number of hydrogen-bond donors (Lipinski definition) is 2. The molecule has 0 amide bonds. The zero-order chi connectivity index (χ0) is 12.5. The van der Waals surface area contributed by atoms with E-state index in [1.807, 2.05) is 31.3 Å². The van der Waals surface area contributed by atoms with Crippen LogP contribution in [0.2, 0.25) is 5.02 Å². The number of aromatic amines is 1. The molecule has 18 heavy (non-hydrogen) atoms. The third kappa shape index (κ3) is 2.19. The number of anilines is 1. The number of aryl methyl sites for hydroxylation is 1. The van der Waals surface area contributed by atoms with Gasteiger partial charge in [0.25, 0.3) is 0 Å². The molecule has 0 bridgehead atoms. The maximum atomic E-state index is 5.95. The first-order chi connectivity index (χ1) is 8.72. The van der Waals surface area contributed by atoms with Gasteiger partial charge in [-0.15, -0.1) is 10.2 Å². The van der Waals surface area contributed by atoms with Crippen molar-refractivity contribution in [1.29, 1.82) is 0 Å². The smallest absolute Gasteiger partial charge is 0.205 e. The highest BCUT2D eigenvalue weighted by Crippen LogP contribution is 2.23. The molecule has 6 heteroatoms. The number of halogens is 1. The highest BCUT2D eigenvalue weighted by molar-refractivity contribution is 7.15. The van der Waals surface area contributed by atoms with Crippen LogP contribution in [0.25, 0.3) is 10.9 Å². The normalized spacial score (nSPS) is 11.0. The fourth-order valence-electron chi connectivity index (χ4n) is 1.84. The Hall–Kier alpha value is -1.59. The van der Waals surface area contributed by atoms with Crippen LogP contribution in [0.15, 0.2) is 24.4 Å². The Morgan fingerprint density at radius 1 is 1.39 bits per heavy atom. The van der Waals surface area contributed by atoms with Crippen LogP contribution >= 0.6 is 22.9 Å². The van der Waals surface area contributed by atoms with Crippen molar-refractivity contribution in [3.8, 4) is 0 Å². The van der Waals surface area contributed by atoms with Crippen molar-refractivity contribution in [3.05, 3.63) is 40.0 Å². The third-order valence-corrected chi connectivity index (χ3v) is 3.72. The molecule has 4 nitrogen and oxygen atoms in total. The molecule has 0 saturated heterocycles. The molecule has 0 spiro atoms. The van der Waals surface area contributed by atoms with E-state index in [1.165, 1.54) is 10.9 Å². The van der Waals surface area contributed by atoms with Crippen molar-refractivity contribution in [1.82, 2.24) is 15.2 Å². The predicted molar refractivity (Wildman–Crippen MR) is 75.3 cm³/mol. The summed E-state index contributed by atoms with van der Waals surface area (Å²) >= 11 is 7.50. The molecule has 0 aliphatic carbocycles. The number of nitrogens with zero attached hydrogens (tertiary/aromatic N) is 2. The topological polar surface area (TPSA) is 53.6 Å². The van der Waals surface area contributed by atoms with Crippen LogP contribution in [0.4, 0.5) is 5.13 Å². The summed E-state index contributed by atoms with van der Waals surface area (Å²) in [5.41, 5.74) is 2.24. The molecule has 2 aromatic heterocycles. The van der Waals surface area contributed by atoms with Crippen LogP contribution in [0, 0.1) is 6.92 Å². The van der Waals surface area contributed by atoms with E-state index in [4.69, 9.17) is 11.6 Å². The van der Waals surface area contributed by atoms with E-state index in [0.29, 0.717) is 0 Å². The van der Waals surface area contributed by atoms with Gasteiger partial charge in [-0.2, -0.15) is 0 Å². The molecule has 3 rings (SSSR count). The number of H-pyrrole nitrogens is 1. The van der Waals surface area contributed by atoms with Gasteiger partial charge in [0, 0.05) is 28.7 Å². The standard InChI is InChI=1S/C12H11ClN4S/c1-7-16-17-12(18-7)15-6-8-5-14-11-4-9(13)2-3-10(8)11/h2-5,14H,6H2,1H3,(H,15,17). The summed E-state index contributed by atoms with van der Waals surface area (Å²) in [4.78, 5) is 3.21. The maximum absolute atomic E-state index is 5.95. The van der Waals surface area contributed by atoms with Gasteiger partial charge in [0.2, 0.25) is 5.13 Å². The van der Waals surface area contributed by atoms with Gasteiger partial charge in [0.05, 0.1) is 0 Å². The Labute approximate surface area is 113 Å². The van der Waals surface area contributed by atoms with Crippen LogP contribution in [-0.4, -0.2) is 15.2 Å². The highest BCUT2D eigenvalue weighted by atomic mass is 35.5. The number of rotatable bonds is 3. The van der Waals surface area contributed by atoms with Gasteiger partial charge in [-0.25, -0.2) is 0 Å². The summed E-state index contributed by atoms with van der Waals surface area (Å²) in [5, 5.41) is 15.0. The minimum atomic E-state index is 0.719. The number of nitrogens with one attached hydrogen (secondary N) is 2. The van der Waals surface area contributed by atoms with Crippen molar-refractivity contribution in [3.63, 3.8) is 0 Å². The number of fused-ring (bicyclic) bond motifs is 1. The van der Waals surface area contributed by atoms with Gasteiger partial charge in [-0.3, -0.25) is 0 Å². The van der Waals surface area contributed by atoms with Crippen molar-refractivity contribution in [2.45, 2.75) is 13.5 Å². The lowest BCUT2D eigenvalue weighted by molar-refractivity contribution is 1.03. The molecule has 0 aliphatic heterocycles. The zero-order valence-electron chi connectivity index (χ0n) is 9.70. The Kier molecular flexibility index (Phi) is 2.93. The van der Waals surface area contributed by atoms with E-state index < -0.39 is 0 Å². The van der Waals surface area contributed by atoms with Crippen LogP contribution in [0.1, 0.15) is 10.6 Å². The summed E-state index contributed by atoms with van der Waals surface area (Å²) in [7, 11) is 0. The van der Waals surface area contributed by atoms with Crippen LogP contribution < -0.4 is 5.32 Å². The molecule has 0 saturated carbocycles. The van der Waals surface area contributed by atoms with Crippen molar-refractivity contribution < 1.29 is 0 Å². The summed E-state index contributed by atoms with van der Waals surface area (Å²) < 4.78 is 0. The quantitative estimate of drug-likeness (QED) is 0.770. The van der Waals surface area contributed by atoms with Gasteiger partial charge in [0.15, 0.2) is 0 Å². The molecule has 3 aromatic rings. The van der Waals surface area contributed by atoms with Crippen LogP contribution in [0.3, 0.4) is 0 Å². The molecule has 92 valence electrons. The Morgan fingerprint density at radius 3 is 3.06 bits per heavy atom. The second-order valence-electron chi connectivity index (χ2n) is 3.98. The summed E-state index contributed by atoms with van der Waals surface area (Å²) in [6.07, 6.45) is 1.99. The number of aromatic nitrogens is 3. The van der Waals surface area contributed by atoms with Crippen molar-refractivity contribution in [2.75, 3.05) is 5.32 Å². The van der Waals surface area contributed by atoms with Gasteiger partial charge < -0.3 is 10.3 Å². The molecule has 1 aromatic carbocycles. The predicted octanol–water partition coefficient (Wildman–Crippen LogP) is 3.59. The van der Waals surface area contributed by atoms with Crippen LogP contribution in [0.5, 0.6) is 0 Å². The SMILES string of the molecule is Cc1nnc(NCc2c[nH]c3cc(Cl)ccc23)s1. The average Bonchev–Trinajstić information content (AvgIpc) is 2.92. The first-order valence-corrected chi connectivity index (χ1v) is 6.71. The van der Waals surface area contributed by atoms with E-state index in [0.717, 1.165) is 27.2 Å². The Balaban J connectivity index is 1.82. The van der Waals surface area contributed by atoms with Crippen LogP contribution in [-0.2, 0) is 6.54 Å². The molecule has 0 fully saturated rings. The van der Waals surface area contributed by atoms with Gasteiger partial charge in [-0.05, 0) is 24.6 Å². The minimum absolute atomic E-state index is 0.719. The number of hydrogen-bond acceptors (Lipinski definition) is 4. The molecule has 0 atom stereocenters. The molecular formula is C12H11ClN4S. The molecular weight excluding hydrogens is 268 g/mol. The molecule has 0 radical (unpaired) electrons. The average molecular weight is 279 g/mol. The lowest BCUT2D eigenvalue weighted by Crippen LogP contribution is -1.97. The fourth-order valence-corrected chi connectivity index (χ4v) is 2.60. The second-order valence-corrected chi connectivity index (χ2v) is 5.60. The maximum Gasteiger partial charge on any atom is 0.205 e. The summed E-state index contributed by atoms with van der Waals surface area (Å²) in [6, 6.07) is 5.85. The van der Waals surface area contributed by atoms with Crippen molar-refractivity contribution >= 4 is 39.0 Å². The molecule has 2 N–H and O–H groups in total. The molecule has 2 heterocycles. The van der Waals surface area contributed by atoms with Gasteiger partial charge in [-0.1, -0.05) is 29.0 Å². The second kappa shape index (κ2) is 4.59. The van der Waals surface area contributed by atoms with E-state index in [1.54, 1.807) is 11.3 Å².